The monoisotopic (exact) mass is 380 g/mol. The summed E-state index contributed by atoms with van der Waals surface area (Å²) in [5, 5.41) is 3.43. The highest BCUT2D eigenvalue weighted by Gasteiger charge is 2.13. The van der Waals surface area contributed by atoms with Crippen LogP contribution in [0.4, 0.5) is 0 Å². The van der Waals surface area contributed by atoms with Crippen molar-refractivity contribution in [2.75, 3.05) is 13.1 Å². The van der Waals surface area contributed by atoms with Gasteiger partial charge >= 0.3 is 0 Å². The standard InChI is InChI=1S/C18H21ClN2O3S/c1-14-6-8-16(9-7-14)25(23,24)21-13-11-18(22)20-12-10-15-4-2-3-5-17(15)19/h2-9,21H,10-13H2,1H3,(H,20,22). The summed E-state index contributed by atoms with van der Waals surface area (Å²) in [7, 11) is -3.59. The Kier molecular flexibility index (Phi) is 6.99. The molecule has 0 atom stereocenters. The zero-order valence-electron chi connectivity index (χ0n) is 14.0. The van der Waals surface area contributed by atoms with E-state index in [1.54, 1.807) is 30.3 Å². The number of halogens is 1. The Morgan fingerprint density at radius 1 is 1.04 bits per heavy atom. The van der Waals surface area contributed by atoms with Crippen molar-refractivity contribution in [3.63, 3.8) is 0 Å². The molecule has 0 saturated carbocycles. The molecule has 0 unspecified atom stereocenters. The molecule has 2 N–H and O–H groups in total. The van der Waals surface area contributed by atoms with E-state index < -0.39 is 10.0 Å². The third-order valence-electron chi connectivity index (χ3n) is 3.65. The molecule has 25 heavy (non-hydrogen) atoms. The average Bonchev–Trinajstić information content (AvgIpc) is 2.57. The summed E-state index contributed by atoms with van der Waals surface area (Å²) < 4.78 is 26.6. The van der Waals surface area contributed by atoms with Crippen molar-refractivity contribution < 1.29 is 13.2 Å². The summed E-state index contributed by atoms with van der Waals surface area (Å²) in [6, 6.07) is 14.0. The lowest BCUT2D eigenvalue weighted by molar-refractivity contribution is -0.120. The van der Waals surface area contributed by atoms with E-state index in [4.69, 9.17) is 11.6 Å². The van der Waals surface area contributed by atoms with Crippen LogP contribution in [0.2, 0.25) is 5.02 Å². The highest BCUT2D eigenvalue weighted by Crippen LogP contribution is 2.14. The summed E-state index contributed by atoms with van der Waals surface area (Å²) in [4.78, 5) is 12.0. The molecule has 5 nitrogen and oxygen atoms in total. The quantitative estimate of drug-likeness (QED) is 0.739. The van der Waals surface area contributed by atoms with Crippen LogP contribution in [0.3, 0.4) is 0 Å². The predicted octanol–water partition coefficient (Wildman–Crippen LogP) is 2.68. The second-order valence-electron chi connectivity index (χ2n) is 5.65. The molecule has 2 aromatic rings. The van der Waals surface area contributed by atoms with Gasteiger partial charge in [0.2, 0.25) is 15.9 Å². The Hall–Kier alpha value is -1.89. The third kappa shape index (κ3) is 6.16. The number of aryl methyl sites for hydroxylation is 1. The van der Waals surface area contributed by atoms with Crippen LogP contribution in [0.5, 0.6) is 0 Å². The fraction of sp³-hybridized carbons (Fsp3) is 0.278. The maximum absolute atomic E-state index is 12.1. The topological polar surface area (TPSA) is 75.3 Å². The van der Waals surface area contributed by atoms with Gasteiger partial charge in [-0.25, -0.2) is 13.1 Å². The van der Waals surface area contributed by atoms with Gasteiger partial charge in [-0.1, -0.05) is 47.5 Å². The average molecular weight is 381 g/mol. The number of sulfonamides is 1. The van der Waals surface area contributed by atoms with Gasteiger partial charge < -0.3 is 5.32 Å². The molecule has 7 heteroatoms. The maximum atomic E-state index is 12.1. The Labute approximate surface area is 153 Å². The van der Waals surface area contributed by atoms with Gasteiger partial charge in [-0.15, -0.1) is 0 Å². The third-order valence-corrected chi connectivity index (χ3v) is 5.50. The van der Waals surface area contributed by atoms with Crippen LogP contribution in [0, 0.1) is 6.92 Å². The molecule has 0 heterocycles. The highest BCUT2D eigenvalue weighted by atomic mass is 35.5. The van der Waals surface area contributed by atoms with E-state index >= 15 is 0 Å². The zero-order valence-corrected chi connectivity index (χ0v) is 15.5. The highest BCUT2D eigenvalue weighted by molar-refractivity contribution is 7.89. The number of carbonyl (C=O) groups is 1. The number of hydrogen-bond acceptors (Lipinski definition) is 3. The van der Waals surface area contributed by atoms with Crippen molar-refractivity contribution in [2.45, 2.75) is 24.7 Å². The summed E-state index contributed by atoms with van der Waals surface area (Å²) in [5.74, 6) is -0.210. The van der Waals surface area contributed by atoms with Crippen LogP contribution < -0.4 is 10.0 Å². The molecule has 0 radical (unpaired) electrons. The first kappa shape index (κ1) is 19.4. The Morgan fingerprint density at radius 3 is 2.40 bits per heavy atom. The fourth-order valence-electron chi connectivity index (χ4n) is 2.23. The summed E-state index contributed by atoms with van der Waals surface area (Å²) in [6.07, 6.45) is 0.703. The minimum absolute atomic E-state index is 0.0497. The van der Waals surface area contributed by atoms with E-state index in [0.717, 1.165) is 11.1 Å². The molecule has 0 aliphatic heterocycles. The number of benzene rings is 2. The van der Waals surface area contributed by atoms with Crippen LogP contribution in [0.15, 0.2) is 53.4 Å². The van der Waals surface area contributed by atoms with E-state index in [-0.39, 0.29) is 23.8 Å². The molecular weight excluding hydrogens is 360 g/mol. The molecule has 0 bridgehead atoms. The molecule has 2 aromatic carbocycles. The second-order valence-corrected chi connectivity index (χ2v) is 7.83. The number of nitrogens with one attached hydrogen (secondary N) is 2. The summed E-state index contributed by atoms with van der Waals surface area (Å²) >= 11 is 6.05. The molecule has 0 aliphatic rings. The Balaban J connectivity index is 1.73. The van der Waals surface area contributed by atoms with E-state index in [0.29, 0.717) is 18.0 Å². The SMILES string of the molecule is Cc1ccc(S(=O)(=O)NCCC(=O)NCCc2ccccc2Cl)cc1. The van der Waals surface area contributed by atoms with Gasteiger partial charge in [0.1, 0.15) is 0 Å². The normalized spacial score (nSPS) is 11.3. The van der Waals surface area contributed by atoms with Gasteiger partial charge in [0.15, 0.2) is 0 Å². The van der Waals surface area contributed by atoms with Crippen LogP contribution in [-0.2, 0) is 21.2 Å². The van der Waals surface area contributed by atoms with Crippen LogP contribution in [0.1, 0.15) is 17.5 Å². The first-order valence-corrected chi connectivity index (χ1v) is 9.81. The minimum Gasteiger partial charge on any atom is -0.356 e. The van der Waals surface area contributed by atoms with Crippen molar-refractivity contribution in [2.24, 2.45) is 0 Å². The number of hydrogen-bond donors (Lipinski definition) is 2. The maximum Gasteiger partial charge on any atom is 0.240 e. The zero-order chi connectivity index (χ0) is 18.3. The molecule has 0 aromatic heterocycles. The van der Waals surface area contributed by atoms with Crippen molar-refractivity contribution in [1.82, 2.24) is 10.0 Å². The van der Waals surface area contributed by atoms with Crippen LogP contribution >= 0.6 is 11.6 Å². The van der Waals surface area contributed by atoms with E-state index in [1.807, 2.05) is 25.1 Å². The first-order chi connectivity index (χ1) is 11.9. The van der Waals surface area contributed by atoms with Gasteiger partial charge in [0.25, 0.3) is 0 Å². The minimum atomic E-state index is -3.59. The predicted molar refractivity (Wildman–Crippen MR) is 99.2 cm³/mol. The number of amides is 1. The van der Waals surface area contributed by atoms with Crippen molar-refractivity contribution in [1.29, 1.82) is 0 Å². The number of carbonyl (C=O) groups excluding carboxylic acids is 1. The van der Waals surface area contributed by atoms with E-state index in [9.17, 15) is 13.2 Å². The molecule has 134 valence electrons. The van der Waals surface area contributed by atoms with Gasteiger partial charge in [0.05, 0.1) is 4.90 Å². The molecule has 0 saturated heterocycles. The van der Waals surface area contributed by atoms with Gasteiger partial charge in [-0.05, 0) is 37.1 Å². The van der Waals surface area contributed by atoms with Crippen LogP contribution in [-0.4, -0.2) is 27.4 Å². The van der Waals surface area contributed by atoms with E-state index in [1.165, 1.54) is 0 Å². The van der Waals surface area contributed by atoms with Crippen molar-refractivity contribution >= 4 is 27.5 Å². The van der Waals surface area contributed by atoms with Crippen molar-refractivity contribution in [3.05, 3.63) is 64.7 Å². The Bertz CT molecular complexity index is 820. The van der Waals surface area contributed by atoms with Gasteiger partial charge in [-0.3, -0.25) is 4.79 Å². The summed E-state index contributed by atoms with van der Waals surface area (Å²) in [5.41, 5.74) is 1.95. The van der Waals surface area contributed by atoms with Crippen molar-refractivity contribution in [3.8, 4) is 0 Å². The van der Waals surface area contributed by atoms with E-state index in [2.05, 4.69) is 10.0 Å². The molecule has 0 aliphatic carbocycles. The van der Waals surface area contributed by atoms with Crippen LogP contribution in [0.25, 0.3) is 0 Å². The second kappa shape index (κ2) is 8.99. The molecule has 2 rings (SSSR count). The van der Waals surface area contributed by atoms with Gasteiger partial charge in [0, 0.05) is 24.5 Å². The lowest BCUT2D eigenvalue weighted by Crippen LogP contribution is -2.31. The Morgan fingerprint density at radius 2 is 1.72 bits per heavy atom. The summed E-state index contributed by atoms with van der Waals surface area (Å²) in [6.45, 7) is 2.39. The fourth-order valence-corrected chi connectivity index (χ4v) is 3.49. The number of rotatable bonds is 8. The molecule has 0 fully saturated rings. The first-order valence-electron chi connectivity index (χ1n) is 7.95. The lowest BCUT2D eigenvalue weighted by atomic mass is 10.1. The molecule has 1 amide bonds. The largest absolute Gasteiger partial charge is 0.356 e. The lowest BCUT2D eigenvalue weighted by Gasteiger charge is -2.08. The smallest absolute Gasteiger partial charge is 0.240 e. The van der Waals surface area contributed by atoms with Gasteiger partial charge in [-0.2, -0.15) is 0 Å². The molecular formula is C18H21ClN2O3S. The molecule has 0 spiro atoms.